The summed E-state index contributed by atoms with van der Waals surface area (Å²) in [6, 6.07) is 11.3. The van der Waals surface area contributed by atoms with E-state index in [2.05, 4.69) is 43.2 Å². The smallest absolute Gasteiger partial charge is 0.228 e. The summed E-state index contributed by atoms with van der Waals surface area (Å²) in [7, 11) is 0. The molecule has 2 heterocycles. The zero-order chi connectivity index (χ0) is 22.8. The second kappa shape index (κ2) is 9.75. The minimum absolute atomic E-state index is 0.0104. The van der Waals surface area contributed by atoms with Crippen LogP contribution in [0.15, 0.2) is 45.3 Å². The Bertz CT molecular complexity index is 1040. The van der Waals surface area contributed by atoms with Crippen molar-refractivity contribution in [3.8, 4) is 0 Å². The third kappa shape index (κ3) is 4.91. The molecular weight excluding hydrogens is 538 g/mol. The standard InChI is InChI=1S/C24H25Br2N3O3/c25-18-12-16(13-19(26)23(18)27)21(30)5-6-22(31)29-9-7-14(8-10-29)17-11-15-3-1-2-4-20(15)28-24(17)32/h1-4,12-14,17H,5-11,27H2,(H,28,32)/t17-/m1/s1. The number of ketones is 1. The van der Waals surface area contributed by atoms with E-state index in [0.717, 1.165) is 24.9 Å². The van der Waals surface area contributed by atoms with Gasteiger partial charge in [0, 0.05) is 52.0 Å². The van der Waals surface area contributed by atoms with Gasteiger partial charge in [0.1, 0.15) is 0 Å². The molecule has 0 unspecified atom stereocenters. The van der Waals surface area contributed by atoms with Crippen LogP contribution in [0.4, 0.5) is 11.4 Å². The summed E-state index contributed by atoms with van der Waals surface area (Å²) in [6.45, 7) is 1.25. The maximum absolute atomic E-state index is 12.7. The van der Waals surface area contributed by atoms with Crippen molar-refractivity contribution < 1.29 is 14.4 Å². The third-order valence-corrected chi connectivity index (χ3v) is 7.79. The normalized spacial score (nSPS) is 18.8. The van der Waals surface area contributed by atoms with Crippen LogP contribution in [0.1, 0.15) is 41.6 Å². The van der Waals surface area contributed by atoms with Gasteiger partial charge in [-0.25, -0.2) is 0 Å². The van der Waals surface area contributed by atoms with Crippen LogP contribution in [0.25, 0.3) is 0 Å². The van der Waals surface area contributed by atoms with E-state index in [1.54, 1.807) is 12.1 Å². The van der Waals surface area contributed by atoms with Crippen molar-refractivity contribution in [3.05, 3.63) is 56.5 Å². The summed E-state index contributed by atoms with van der Waals surface area (Å²) >= 11 is 6.70. The largest absolute Gasteiger partial charge is 0.397 e. The molecule has 0 spiro atoms. The number of likely N-dealkylation sites (tertiary alicyclic amines) is 1. The average molecular weight is 563 g/mol. The summed E-state index contributed by atoms with van der Waals surface area (Å²) in [5.41, 5.74) is 9.02. The number of nitrogens with two attached hydrogens (primary N) is 1. The number of carbonyl (C=O) groups is 3. The summed E-state index contributed by atoms with van der Waals surface area (Å²) < 4.78 is 1.30. The number of anilines is 2. The van der Waals surface area contributed by atoms with Crippen molar-refractivity contribution >= 4 is 60.8 Å². The fourth-order valence-electron chi connectivity index (χ4n) is 4.58. The number of rotatable bonds is 5. The molecule has 168 valence electrons. The Hall–Kier alpha value is -2.19. The van der Waals surface area contributed by atoms with Crippen molar-refractivity contribution in [1.82, 2.24) is 4.90 Å². The highest BCUT2D eigenvalue weighted by atomic mass is 79.9. The molecule has 0 aliphatic carbocycles. The minimum Gasteiger partial charge on any atom is -0.397 e. The Labute approximate surface area is 204 Å². The zero-order valence-corrected chi connectivity index (χ0v) is 20.7. The van der Waals surface area contributed by atoms with Crippen molar-refractivity contribution in [2.75, 3.05) is 24.1 Å². The quantitative estimate of drug-likeness (QED) is 0.404. The lowest BCUT2D eigenvalue weighted by molar-refractivity contribution is -0.133. The van der Waals surface area contributed by atoms with Crippen LogP contribution < -0.4 is 11.1 Å². The Kier molecular flexibility index (Phi) is 7.00. The lowest BCUT2D eigenvalue weighted by atomic mass is 9.78. The number of piperidine rings is 1. The molecular formula is C24H25Br2N3O3. The van der Waals surface area contributed by atoms with Gasteiger partial charge >= 0.3 is 0 Å². The number of amides is 2. The van der Waals surface area contributed by atoms with Crippen LogP contribution in [0.2, 0.25) is 0 Å². The van der Waals surface area contributed by atoms with Gasteiger partial charge < -0.3 is 16.0 Å². The Morgan fingerprint density at radius 1 is 1.06 bits per heavy atom. The molecule has 1 fully saturated rings. The van der Waals surface area contributed by atoms with Crippen LogP contribution in [0.5, 0.6) is 0 Å². The van der Waals surface area contributed by atoms with Gasteiger partial charge in [-0.1, -0.05) is 18.2 Å². The molecule has 2 amide bonds. The lowest BCUT2D eigenvalue weighted by Gasteiger charge is -2.37. The zero-order valence-electron chi connectivity index (χ0n) is 17.6. The fraction of sp³-hybridized carbons (Fsp3) is 0.375. The summed E-state index contributed by atoms with van der Waals surface area (Å²) in [6.07, 6.45) is 2.70. The molecule has 8 heteroatoms. The van der Waals surface area contributed by atoms with E-state index in [4.69, 9.17) is 5.73 Å². The highest BCUT2D eigenvalue weighted by Gasteiger charge is 2.35. The number of carbonyl (C=O) groups excluding carboxylic acids is 3. The van der Waals surface area contributed by atoms with Crippen molar-refractivity contribution in [1.29, 1.82) is 0 Å². The van der Waals surface area contributed by atoms with Gasteiger partial charge in [0.25, 0.3) is 0 Å². The molecule has 2 aliphatic heterocycles. The van der Waals surface area contributed by atoms with E-state index >= 15 is 0 Å². The molecule has 4 rings (SSSR count). The van der Waals surface area contributed by atoms with Gasteiger partial charge in [-0.05, 0) is 80.8 Å². The highest BCUT2D eigenvalue weighted by molar-refractivity contribution is 9.11. The molecule has 3 N–H and O–H groups in total. The van der Waals surface area contributed by atoms with Gasteiger partial charge in [0.05, 0.1) is 5.69 Å². The number of hydrogen-bond donors (Lipinski definition) is 2. The number of para-hydroxylation sites is 1. The van der Waals surface area contributed by atoms with Gasteiger partial charge in [0.15, 0.2) is 5.78 Å². The Morgan fingerprint density at radius 2 is 1.72 bits per heavy atom. The summed E-state index contributed by atoms with van der Waals surface area (Å²) in [4.78, 5) is 39.7. The number of nitrogens with zero attached hydrogens (tertiary/aromatic N) is 1. The molecule has 32 heavy (non-hydrogen) atoms. The number of nitrogen functional groups attached to an aromatic ring is 1. The van der Waals surface area contributed by atoms with Crippen molar-refractivity contribution in [2.24, 2.45) is 11.8 Å². The number of fused-ring (bicyclic) bond motifs is 1. The van der Waals surface area contributed by atoms with Crippen LogP contribution in [0.3, 0.4) is 0 Å². The second-order valence-corrected chi connectivity index (χ2v) is 10.2. The first-order chi connectivity index (χ1) is 15.3. The minimum atomic E-state index is -0.0906. The lowest BCUT2D eigenvalue weighted by Crippen LogP contribution is -2.43. The first-order valence-electron chi connectivity index (χ1n) is 10.8. The van der Waals surface area contributed by atoms with E-state index in [1.807, 2.05) is 23.1 Å². The topological polar surface area (TPSA) is 92.5 Å². The molecule has 1 atom stereocenters. The molecule has 1 saturated heterocycles. The van der Waals surface area contributed by atoms with Crippen LogP contribution in [-0.2, 0) is 16.0 Å². The van der Waals surface area contributed by atoms with Gasteiger partial charge in [-0.2, -0.15) is 0 Å². The Balaban J connectivity index is 1.28. The second-order valence-electron chi connectivity index (χ2n) is 8.45. The van der Waals surface area contributed by atoms with Crippen LogP contribution in [-0.4, -0.2) is 35.6 Å². The van der Waals surface area contributed by atoms with Gasteiger partial charge in [-0.3, -0.25) is 14.4 Å². The molecule has 6 nitrogen and oxygen atoms in total. The first kappa shape index (κ1) is 23.0. The van der Waals surface area contributed by atoms with E-state index in [-0.39, 0.29) is 42.3 Å². The SMILES string of the molecule is Nc1c(Br)cc(C(=O)CCC(=O)N2CCC([C@H]3Cc4ccccc4NC3=O)CC2)cc1Br. The first-order valence-corrected chi connectivity index (χ1v) is 12.4. The maximum atomic E-state index is 12.7. The average Bonchev–Trinajstić information content (AvgIpc) is 2.80. The Morgan fingerprint density at radius 3 is 2.41 bits per heavy atom. The number of hydrogen-bond acceptors (Lipinski definition) is 4. The number of halogens is 2. The van der Waals surface area contributed by atoms with Crippen LogP contribution >= 0.6 is 31.9 Å². The highest BCUT2D eigenvalue weighted by Crippen LogP contribution is 2.34. The van der Waals surface area contributed by atoms with Crippen LogP contribution in [0, 0.1) is 11.8 Å². The van der Waals surface area contributed by atoms with E-state index in [9.17, 15) is 14.4 Å². The number of Topliss-reactive ketones (excluding diaryl/α,β-unsaturated/α-hetero) is 1. The number of benzene rings is 2. The van der Waals surface area contributed by atoms with Crippen molar-refractivity contribution in [3.63, 3.8) is 0 Å². The van der Waals surface area contributed by atoms with Crippen molar-refractivity contribution in [2.45, 2.75) is 32.1 Å². The van der Waals surface area contributed by atoms with Gasteiger partial charge in [-0.15, -0.1) is 0 Å². The molecule has 2 aliphatic rings. The fourth-order valence-corrected chi connectivity index (χ4v) is 5.76. The molecule has 0 radical (unpaired) electrons. The maximum Gasteiger partial charge on any atom is 0.228 e. The van der Waals surface area contributed by atoms with E-state index in [0.29, 0.717) is 33.3 Å². The molecule has 0 bridgehead atoms. The molecule has 2 aromatic rings. The summed E-state index contributed by atoms with van der Waals surface area (Å²) in [5.74, 6) is 0.195. The molecule has 0 saturated carbocycles. The predicted octanol–water partition coefficient (Wildman–Crippen LogP) is 4.81. The number of nitrogens with one attached hydrogen (secondary N) is 1. The predicted molar refractivity (Wildman–Crippen MR) is 131 cm³/mol. The van der Waals surface area contributed by atoms with E-state index < -0.39 is 0 Å². The molecule has 2 aromatic carbocycles. The third-order valence-electron chi connectivity index (χ3n) is 6.48. The monoisotopic (exact) mass is 561 g/mol. The summed E-state index contributed by atoms with van der Waals surface area (Å²) in [5, 5.41) is 3.03. The molecule has 0 aromatic heterocycles. The van der Waals surface area contributed by atoms with E-state index in [1.165, 1.54) is 5.56 Å². The van der Waals surface area contributed by atoms with Gasteiger partial charge in [0.2, 0.25) is 11.8 Å².